The maximum absolute atomic E-state index is 13.6. The number of nitrogens with one attached hydrogen (secondary N) is 1. The standard InChI is InChI=1S/C35H42N4O6/c1-3-17-39-23-33(40)37-29-15-18-38(34(41)12-5-4-8-25-10-7-16-36-21-25)22-32(29)44-24-26-9-6-11-28(19-26)45-31-20-27(35(39)42)13-14-30(31)43-2/h6-7,9-11,13-14,16,19-21,29,32H,3-5,8,12,15,17-18,22-24H2,1-2H3,(H,37,40)/t29-,32-/m0/s1. The number of carbonyl (C=O) groups is 3. The molecule has 1 saturated heterocycles. The molecule has 2 aliphatic rings. The number of aromatic nitrogens is 1. The predicted octanol–water partition coefficient (Wildman–Crippen LogP) is 4.76. The van der Waals surface area contributed by atoms with E-state index in [1.165, 1.54) is 5.56 Å². The van der Waals surface area contributed by atoms with E-state index in [0.29, 0.717) is 61.7 Å². The van der Waals surface area contributed by atoms with E-state index in [1.807, 2.05) is 48.4 Å². The van der Waals surface area contributed by atoms with Gasteiger partial charge in [0.15, 0.2) is 11.5 Å². The Kier molecular flexibility index (Phi) is 11.0. The Hall–Kier alpha value is -4.44. The van der Waals surface area contributed by atoms with Crippen molar-refractivity contribution in [1.82, 2.24) is 20.1 Å². The molecular formula is C35H42N4O6. The van der Waals surface area contributed by atoms with E-state index >= 15 is 0 Å². The van der Waals surface area contributed by atoms with Gasteiger partial charge in [-0.3, -0.25) is 19.4 Å². The van der Waals surface area contributed by atoms with E-state index in [2.05, 4.69) is 16.4 Å². The zero-order valence-corrected chi connectivity index (χ0v) is 26.1. The van der Waals surface area contributed by atoms with Gasteiger partial charge in [-0.1, -0.05) is 25.1 Å². The molecule has 1 fully saturated rings. The zero-order chi connectivity index (χ0) is 31.6. The van der Waals surface area contributed by atoms with Gasteiger partial charge >= 0.3 is 0 Å². The van der Waals surface area contributed by atoms with Crippen molar-refractivity contribution in [2.24, 2.45) is 0 Å². The van der Waals surface area contributed by atoms with Crippen LogP contribution in [-0.2, 0) is 27.4 Å². The summed E-state index contributed by atoms with van der Waals surface area (Å²) in [6.45, 7) is 3.48. The van der Waals surface area contributed by atoms with Gasteiger partial charge in [0.05, 0.1) is 32.4 Å². The Morgan fingerprint density at radius 3 is 2.80 bits per heavy atom. The summed E-state index contributed by atoms with van der Waals surface area (Å²) in [5.41, 5.74) is 2.45. The third-order valence-electron chi connectivity index (χ3n) is 8.20. The molecule has 0 saturated carbocycles. The van der Waals surface area contributed by atoms with Crippen LogP contribution in [0.1, 0.15) is 60.5 Å². The van der Waals surface area contributed by atoms with E-state index in [9.17, 15) is 14.4 Å². The van der Waals surface area contributed by atoms with E-state index in [1.54, 1.807) is 36.4 Å². The molecule has 0 aliphatic carbocycles. The lowest BCUT2D eigenvalue weighted by atomic mass is 10.00. The van der Waals surface area contributed by atoms with Gasteiger partial charge in [0.2, 0.25) is 11.8 Å². The normalized spacial score (nSPS) is 18.9. The van der Waals surface area contributed by atoms with Crippen molar-refractivity contribution in [3.8, 4) is 17.2 Å². The van der Waals surface area contributed by atoms with Crippen molar-refractivity contribution >= 4 is 17.7 Å². The number of aryl methyl sites for hydroxylation is 1. The number of hydrogen-bond acceptors (Lipinski definition) is 7. The summed E-state index contributed by atoms with van der Waals surface area (Å²) in [6, 6.07) is 16.2. The smallest absolute Gasteiger partial charge is 0.254 e. The molecular weight excluding hydrogens is 572 g/mol. The third kappa shape index (κ3) is 8.60. The lowest BCUT2D eigenvalue weighted by Crippen LogP contribution is -2.57. The molecule has 0 spiro atoms. The van der Waals surface area contributed by atoms with Gasteiger partial charge in [-0.05, 0) is 79.6 Å². The average molecular weight is 615 g/mol. The number of rotatable bonds is 8. The second-order valence-electron chi connectivity index (χ2n) is 11.6. The first kappa shape index (κ1) is 32.0. The average Bonchev–Trinajstić information content (AvgIpc) is 3.06. The van der Waals surface area contributed by atoms with Crippen LogP contribution >= 0.6 is 0 Å². The number of fused-ring (bicyclic) bond motifs is 5. The largest absolute Gasteiger partial charge is 0.493 e. The van der Waals surface area contributed by atoms with E-state index in [-0.39, 0.29) is 36.9 Å². The lowest BCUT2D eigenvalue weighted by molar-refractivity contribution is -0.137. The number of methoxy groups -OCH3 is 1. The molecule has 0 radical (unpaired) electrons. The van der Waals surface area contributed by atoms with Crippen LogP contribution in [0.15, 0.2) is 67.0 Å². The summed E-state index contributed by atoms with van der Waals surface area (Å²) in [4.78, 5) is 47.7. The van der Waals surface area contributed by atoms with Gasteiger partial charge in [-0.2, -0.15) is 0 Å². The fourth-order valence-corrected chi connectivity index (χ4v) is 5.84. The first-order valence-electron chi connectivity index (χ1n) is 15.7. The van der Waals surface area contributed by atoms with Crippen LogP contribution in [0.2, 0.25) is 0 Å². The molecule has 2 atom stereocenters. The molecule has 1 N–H and O–H groups in total. The van der Waals surface area contributed by atoms with Gasteiger partial charge in [0.1, 0.15) is 5.75 Å². The van der Waals surface area contributed by atoms with E-state index in [0.717, 1.165) is 24.8 Å². The first-order chi connectivity index (χ1) is 21.9. The van der Waals surface area contributed by atoms with Gasteiger partial charge < -0.3 is 29.3 Å². The van der Waals surface area contributed by atoms with Crippen LogP contribution in [0.4, 0.5) is 0 Å². The minimum atomic E-state index is -0.414. The number of carbonyl (C=O) groups excluding carboxylic acids is 3. The molecule has 3 amide bonds. The van der Waals surface area contributed by atoms with Crippen LogP contribution < -0.4 is 14.8 Å². The molecule has 0 unspecified atom stereocenters. The van der Waals surface area contributed by atoms with Crippen molar-refractivity contribution in [2.75, 3.05) is 33.3 Å². The van der Waals surface area contributed by atoms with Crippen molar-refractivity contribution in [3.63, 3.8) is 0 Å². The fraction of sp³-hybridized carbons (Fsp3) is 0.429. The van der Waals surface area contributed by atoms with Crippen molar-refractivity contribution < 1.29 is 28.6 Å². The highest BCUT2D eigenvalue weighted by molar-refractivity contribution is 5.97. The fourth-order valence-electron chi connectivity index (χ4n) is 5.84. The summed E-state index contributed by atoms with van der Waals surface area (Å²) in [5, 5.41) is 3.13. The monoisotopic (exact) mass is 614 g/mol. The van der Waals surface area contributed by atoms with Gasteiger partial charge in [-0.15, -0.1) is 0 Å². The number of likely N-dealkylation sites (tertiary alicyclic amines) is 1. The summed E-state index contributed by atoms with van der Waals surface area (Å²) >= 11 is 0. The van der Waals surface area contributed by atoms with Crippen molar-refractivity contribution in [3.05, 3.63) is 83.7 Å². The predicted molar refractivity (Wildman–Crippen MR) is 169 cm³/mol. The molecule has 238 valence electrons. The minimum Gasteiger partial charge on any atom is -0.493 e. The number of ether oxygens (including phenoxy) is 3. The van der Waals surface area contributed by atoms with E-state index < -0.39 is 6.10 Å². The van der Waals surface area contributed by atoms with Gasteiger partial charge in [0, 0.05) is 44.0 Å². The third-order valence-corrected chi connectivity index (χ3v) is 8.20. The summed E-state index contributed by atoms with van der Waals surface area (Å²) in [7, 11) is 1.55. The topological polar surface area (TPSA) is 110 Å². The van der Waals surface area contributed by atoms with Crippen LogP contribution in [0.5, 0.6) is 17.2 Å². The number of benzene rings is 2. The van der Waals surface area contributed by atoms with Crippen LogP contribution in [0, 0.1) is 0 Å². The maximum Gasteiger partial charge on any atom is 0.254 e. The molecule has 3 heterocycles. The Balaban J connectivity index is 1.32. The molecule has 4 bridgehead atoms. The first-order valence-corrected chi connectivity index (χ1v) is 15.7. The number of hydrogen-bond donors (Lipinski definition) is 1. The van der Waals surface area contributed by atoms with Crippen molar-refractivity contribution in [1.29, 1.82) is 0 Å². The lowest BCUT2D eigenvalue weighted by Gasteiger charge is -2.39. The molecule has 1 aromatic heterocycles. The Morgan fingerprint density at radius 1 is 1.11 bits per heavy atom. The van der Waals surface area contributed by atoms with Crippen molar-refractivity contribution in [2.45, 2.75) is 64.2 Å². The Labute approximate surface area is 264 Å². The Bertz CT molecular complexity index is 1470. The summed E-state index contributed by atoms with van der Waals surface area (Å²) in [6.07, 6.45) is 7.51. The highest BCUT2D eigenvalue weighted by Crippen LogP contribution is 2.33. The Morgan fingerprint density at radius 2 is 2.00 bits per heavy atom. The van der Waals surface area contributed by atoms with Crippen LogP contribution in [0.3, 0.4) is 0 Å². The molecule has 5 rings (SSSR count). The number of nitrogens with zero attached hydrogens (tertiary/aromatic N) is 3. The highest BCUT2D eigenvalue weighted by Gasteiger charge is 2.34. The van der Waals surface area contributed by atoms with E-state index in [4.69, 9.17) is 14.2 Å². The number of amides is 3. The molecule has 3 aromatic rings. The summed E-state index contributed by atoms with van der Waals surface area (Å²) < 4.78 is 18.1. The van der Waals surface area contributed by atoms with Gasteiger partial charge in [0.25, 0.3) is 5.91 Å². The number of pyridine rings is 1. The molecule has 2 aliphatic heterocycles. The highest BCUT2D eigenvalue weighted by atomic mass is 16.5. The van der Waals surface area contributed by atoms with Gasteiger partial charge in [-0.25, -0.2) is 0 Å². The zero-order valence-electron chi connectivity index (χ0n) is 26.1. The minimum absolute atomic E-state index is 0.0866. The maximum atomic E-state index is 13.6. The number of piperidine rings is 1. The second kappa shape index (κ2) is 15.5. The molecule has 45 heavy (non-hydrogen) atoms. The van der Waals surface area contributed by atoms with Crippen LogP contribution in [-0.4, -0.2) is 77.9 Å². The second-order valence-corrected chi connectivity index (χ2v) is 11.6. The molecule has 10 heteroatoms. The number of unbranched alkanes of at least 4 members (excludes halogenated alkanes) is 1. The molecule has 2 aromatic carbocycles. The quantitative estimate of drug-likeness (QED) is 0.364. The summed E-state index contributed by atoms with van der Waals surface area (Å²) in [5.74, 6) is 1.03. The van der Waals surface area contributed by atoms with Crippen LogP contribution in [0.25, 0.3) is 0 Å². The molecule has 10 nitrogen and oxygen atoms in total. The SMILES string of the molecule is CCCN1CC(=O)N[C@H]2CCN(C(=O)CCCCc3cccnc3)C[C@@H]2OCc2cccc(c2)Oc2cc(ccc2OC)C1=O.